The van der Waals surface area contributed by atoms with Crippen molar-refractivity contribution in [1.82, 2.24) is 9.80 Å². The number of nitrogens with zero attached hydrogens (tertiary/aromatic N) is 2. The summed E-state index contributed by atoms with van der Waals surface area (Å²) in [5.41, 5.74) is 5.60. The number of hydrogen-bond acceptors (Lipinski definition) is 3. The molecular formula is C12H23N3O2. The maximum Gasteiger partial charge on any atom is 0.225 e. The standard InChI is InChI=1S/C12H23N3O2/c1-9(2)12(17)15-6-4-14(5-7-15)11(16)8-10(3)13/h9-10H,4-8,13H2,1-3H3. The van der Waals surface area contributed by atoms with Crippen LogP contribution in [0.4, 0.5) is 0 Å². The minimum Gasteiger partial charge on any atom is -0.339 e. The van der Waals surface area contributed by atoms with Crippen molar-refractivity contribution < 1.29 is 9.59 Å². The summed E-state index contributed by atoms with van der Waals surface area (Å²) in [6.45, 7) is 8.17. The van der Waals surface area contributed by atoms with E-state index < -0.39 is 0 Å². The van der Waals surface area contributed by atoms with E-state index in [0.29, 0.717) is 32.6 Å². The molecule has 1 fully saturated rings. The summed E-state index contributed by atoms with van der Waals surface area (Å²) in [5, 5.41) is 0. The van der Waals surface area contributed by atoms with Crippen molar-refractivity contribution in [2.75, 3.05) is 26.2 Å². The number of hydrogen-bond donors (Lipinski definition) is 1. The molecule has 0 aromatic rings. The summed E-state index contributed by atoms with van der Waals surface area (Å²) in [6, 6.07) is -0.0992. The second kappa shape index (κ2) is 6.00. The van der Waals surface area contributed by atoms with E-state index in [-0.39, 0.29) is 23.8 Å². The number of piperazine rings is 1. The first kappa shape index (κ1) is 14.0. The lowest BCUT2D eigenvalue weighted by atomic mass is 10.1. The van der Waals surface area contributed by atoms with E-state index in [9.17, 15) is 9.59 Å². The predicted molar refractivity (Wildman–Crippen MR) is 66.3 cm³/mol. The van der Waals surface area contributed by atoms with Crippen LogP contribution in [0.3, 0.4) is 0 Å². The Balaban J connectivity index is 2.40. The van der Waals surface area contributed by atoms with Gasteiger partial charge in [-0.05, 0) is 6.92 Å². The van der Waals surface area contributed by atoms with Crippen molar-refractivity contribution in [3.63, 3.8) is 0 Å². The van der Waals surface area contributed by atoms with Crippen molar-refractivity contribution in [1.29, 1.82) is 0 Å². The van der Waals surface area contributed by atoms with Gasteiger partial charge in [0, 0.05) is 44.6 Å². The van der Waals surface area contributed by atoms with Gasteiger partial charge in [0.2, 0.25) is 11.8 Å². The molecule has 2 amide bonds. The Labute approximate surface area is 103 Å². The number of amides is 2. The summed E-state index contributed by atoms with van der Waals surface area (Å²) in [7, 11) is 0. The lowest BCUT2D eigenvalue weighted by Gasteiger charge is -2.35. The van der Waals surface area contributed by atoms with Crippen LogP contribution in [-0.2, 0) is 9.59 Å². The predicted octanol–water partition coefficient (Wildman–Crippen LogP) is 0.0505. The van der Waals surface area contributed by atoms with Crippen LogP contribution < -0.4 is 5.73 Å². The molecule has 0 aromatic carbocycles. The quantitative estimate of drug-likeness (QED) is 0.759. The molecule has 1 rings (SSSR count). The Kier molecular flexibility index (Phi) is 4.93. The molecule has 1 saturated heterocycles. The highest BCUT2D eigenvalue weighted by Crippen LogP contribution is 2.08. The smallest absolute Gasteiger partial charge is 0.225 e. The van der Waals surface area contributed by atoms with Gasteiger partial charge in [-0.25, -0.2) is 0 Å². The molecule has 17 heavy (non-hydrogen) atoms. The Morgan fingerprint density at radius 1 is 1.06 bits per heavy atom. The van der Waals surface area contributed by atoms with Crippen molar-refractivity contribution in [3.05, 3.63) is 0 Å². The van der Waals surface area contributed by atoms with E-state index in [2.05, 4.69) is 0 Å². The highest BCUT2D eigenvalue weighted by Gasteiger charge is 2.25. The van der Waals surface area contributed by atoms with Gasteiger partial charge in [0.1, 0.15) is 0 Å². The van der Waals surface area contributed by atoms with E-state index in [1.807, 2.05) is 25.7 Å². The second-order valence-corrected chi connectivity index (χ2v) is 5.04. The SMILES string of the molecule is CC(N)CC(=O)N1CCN(C(=O)C(C)C)CC1. The molecule has 0 aromatic heterocycles. The highest BCUT2D eigenvalue weighted by atomic mass is 16.2. The van der Waals surface area contributed by atoms with Crippen molar-refractivity contribution >= 4 is 11.8 Å². The Hall–Kier alpha value is -1.10. The van der Waals surface area contributed by atoms with Gasteiger partial charge in [-0.3, -0.25) is 9.59 Å². The van der Waals surface area contributed by atoms with Gasteiger partial charge in [-0.15, -0.1) is 0 Å². The zero-order valence-electron chi connectivity index (χ0n) is 11.0. The molecule has 0 radical (unpaired) electrons. The van der Waals surface area contributed by atoms with Crippen molar-refractivity contribution in [2.24, 2.45) is 11.7 Å². The highest BCUT2D eigenvalue weighted by molar-refractivity contribution is 5.79. The zero-order chi connectivity index (χ0) is 13.0. The molecule has 98 valence electrons. The van der Waals surface area contributed by atoms with Gasteiger partial charge in [0.05, 0.1) is 0 Å². The van der Waals surface area contributed by atoms with E-state index >= 15 is 0 Å². The minimum atomic E-state index is -0.0992. The molecule has 1 heterocycles. The molecule has 2 N–H and O–H groups in total. The van der Waals surface area contributed by atoms with Gasteiger partial charge in [0.25, 0.3) is 0 Å². The largest absolute Gasteiger partial charge is 0.339 e. The van der Waals surface area contributed by atoms with Crippen LogP contribution in [0.1, 0.15) is 27.2 Å². The summed E-state index contributed by atoms with van der Waals surface area (Å²) in [6.07, 6.45) is 0.387. The van der Waals surface area contributed by atoms with Crippen molar-refractivity contribution in [3.8, 4) is 0 Å². The van der Waals surface area contributed by atoms with Crippen LogP contribution in [0.2, 0.25) is 0 Å². The third-order valence-corrected chi connectivity index (χ3v) is 2.93. The third kappa shape index (κ3) is 4.00. The summed E-state index contributed by atoms with van der Waals surface area (Å²) < 4.78 is 0. The van der Waals surface area contributed by atoms with Crippen LogP contribution in [0.5, 0.6) is 0 Å². The molecule has 0 bridgehead atoms. The lowest BCUT2D eigenvalue weighted by molar-refractivity contribution is -0.141. The lowest BCUT2D eigenvalue weighted by Crippen LogP contribution is -2.52. The summed E-state index contributed by atoms with van der Waals surface area (Å²) in [4.78, 5) is 27.1. The van der Waals surface area contributed by atoms with Gasteiger partial charge < -0.3 is 15.5 Å². The fourth-order valence-electron chi connectivity index (χ4n) is 1.95. The Morgan fingerprint density at radius 2 is 1.53 bits per heavy atom. The Bertz CT molecular complexity index is 281. The first-order chi connectivity index (χ1) is 7.91. The fraction of sp³-hybridized carbons (Fsp3) is 0.833. The first-order valence-corrected chi connectivity index (χ1v) is 6.24. The molecule has 1 aliphatic heterocycles. The average Bonchev–Trinajstić information content (AvgIpc) is 2.27. The molecule has 1 atom stereocenters. The molecule has 0 spiro atoms. The second-order valence-electron chi connectivity index (χ2n) is 5.04. The zero-order valence-corrected chi connectivity index (χ0v) is 11.0. The van der Waals surface area contributed by atoms with E-state index in [0.717, 1.165) is 0 Å². The number of carbonyl (C=O) groups excluding carboxylic acids is 2. The van der Waals surface area contributed by atoms with E-state index in [1.54, 1.807) is 4.90 Å². The molecule has 5 heteroatoms. The van der Waals surface area contributed by atoms with Crippen LogP contribution in [-0.4, -0.2) is 53.8 Å². The average molecular weight is 241 g/mol. The molecule has 5 nitrogen and oxygen atoms in total. The maximum atomic E-state index is 11.8. The van der Waals surface area contributed by atoms with Gasteiger partial charge >= 0.3 is 0 Å². The topological polar surface area (TPSA) is 66.6 Å². The minimum absolute atomic E-state index is 0.0290. The number of carbonyl (C=O) groups is 2. The Morgan fingerprint density at radius 3 is 1.94 bits per heavy atom. The fourth-order valence-corrected chi connectivity index (χ4v) is 1.95. The van der Waals surface area contributed by atoms with E-state index in [4.69, 9.17) is 5.73 Å². The molecule has 0 saturated carbocycles. The van der Waals surface area contributed by atoms with Crippen LogP contribution in [0.25, 0.3) is 0 Å². The monoisotopic (exact) mass is 241 g/mol. The molecule has 0 aliphatic carbocycles. The number of rotatable bonds is 3. The third-order valence-electron chi connectivity index (χ3n) is 2.93. The maximum absolute atomic E-state index is 11.8. The van der Waals surface area contributed by atoms with Gasteiger partial charge in [-0.1, -0.05) is 13.8 Å². The number of nitrogens with two attached hydrogens (primary N) is 1. The summed E-state index contributed by atoms with van der Waals surface area (Å²) in [5.74, 6) is 0.294. The van der Waals surface area contributed by atoms with Gasteiger partial charge in [0.15, 0.2) is 0 Å². The molecule has 1 aliphatic rings. The van der Waals surface area contributed by atoms with Gasteiger partial charge in [-0.2, -0.15) is 0 Å². The molecule has 1 unspecified atom stereocenters. The van der Waals surface area contributed by atoms with Crippen LogP contribution >= 0.6 is 0 Å². The summed E-state index contributed by atoms with van der Waals surface area (Å²) >= 11 is 0. The molecular weight excluding hydrogens is 218 g/mol. The van der Waals surface area contributed by atoms with E-state index in [1.165, 1.54) is 0 Å². The van der Waals surface area contributed by atoms with Crippen molar-refractivity contribution in [2.45, 2.75) is 33.2 Å². The first-order valence-electron chi connectivity index (χ1n) is 6.24. The van der Waals surface area contributed by atoms with Crippen LogP contribution in [0.15, 0.2) is 0 Å². The normalized spacial score (nSPS) is 18.4. The van der Waals surface area contributed by atoms with Crippen LogP contribution in [0, 0.1) is 5.92 Å².